The van der Waals surface area contributed by atoms with Crippen molar-refractivity contribution in [1.29, 1.82) is 0 Å². The van der Waals surface area contributed by atoms with Crippen LogP contribution < -0.4 is 0 Å². The van der Waals surface area contributed by atoms with Crippen molar-refractivity contribution >= 4 is 10.9 Å². The molecule has 0 aliphatic rings. The molecule has 4 heteroatoms. The van der Waals surface area contributed by atoms with E-state index in [0.717, 1.165) is 22.2 Å². The summed E-state index contributed by atoms with van der Waals surface area (Å²) in [7, 11) is 0. The lowest BCUT2D eigenvalue weighted by molar-refractivity contribution is -0.529. The molecule has 0 aliphatic carbocycles. The van der Waals surface area contributed by atoms with Gasteiger partial charge in [0.05, 0.1) is 5.41 Å². The third-order valence-electron chi connectivity index (χ3n) is 3.90. The molecular formula is C14H18N2O2. The van der Waals surface area contributed by atoms with E-state index >= 15 is 0 Å². The number of hydrogen-bond acceptors (Lipinski definition) is 2. The van der Waals surface area contributed by atoms with Crippen LogP contribution in [-0.2, 0) is 5.41 Å². The number of para-hydroxylation sites is 1. The Morgan fingerprint density at radius 2 is 1.94 bits per heavy atom. The van der Waals surface area contributed by atoms with E-state index in [1.807, 2.05) is 45.0 Å². The van der Waals surface area contributed by atoms with Crippen LogP contribution in [0.5, 0.6) is 0 Å². The number of nitrogens with one attached hydrogen (secondary N) is 1. The molecule has 18 heavy (non-hydrogen) atoms. The highest BCUT2D eigenvalue weighted by molar-refractivity contribution is 5.85. The summed E-state index contributed by atoms with van der Waals surface area (Å²) >= 11 is 0. The summed E-state index contributed by atoms with van der Waals surface area (Å²) in [6.45, 7) is 7.51. The Bertz CT molecular complexity index is 599. The van der Waals surface area contributed by atoms with Gasteiger partial charge in [-0.25, -0.2) is 0 Å². The van der Waals surface area contributed by atoms with Gasteiger partial charge in [-0.2, -0.15) is 0 Å². The van der Waals surface area contributed by atoms with Crippen molar-refractivity contribution in [3.63, 3.8) is 0 Å². The molecule has 1 unspecified atom stereocenters. The molecule has 1 aromatic carbocycles. The van der Waals surface area contributed by atoms with E-state index in [2.05, 4.69) is 4.98 Å². The number of nitrogens with zero attached hydrogens (tertiary/aromatic N) is 1. The van der Waals surface area contributed by atoms with Crippen molar-refractivity contribution in [1.82, 2.24) is 4.98 Å². The van der Waals surface area contributed by atoms with Gasteiger partial charge in [0.2, 0.25) is 6.04 Å². The predicted octanol–water partition coefficient (Wildman–Crippen LogP) is 3.42. The molecule has 0 saturated carbocycles. The number of rotatable bonds is 3. The SMILES string of the molecule is Cc1[nH]c2ccccc2c1C(C)(C)C(C)[N+](=O)[O-]. The van der Waals surface area contributed by atoms with Gasteiger partial charge in [-0.15, -0.1) is 0 Å². The Morgan fingerprint density at radius 3 is 2.56 bits per heavy atom. The Hall–Kier alpha value is -1.84. The highest BCUT2D eigenvalue weighted by Gasteiger charge is 2.39. The number of aromatic nitrogens is 1. The molecule has 1 atom stereocenters. The van der Waals surface area contributed by atoms with Crippen LogP contribution in [0.2, 0.25) is 0 Å². The molecule has 0 spiro atoms. The van der Waals surface area contributed by atoms with Crippen molar-refractivity contribution < 1.29 is 4.92 Å². The molecule has 4 nitrogen and oxygen atoms in total. The largest absolute Gasteiger partial charge is 0.358 e. The average Bonchev–Trinajstić information content (AvgIpc) is 2.64. The summed E-state index contributed by atoms with van der Waals surface area (Å²) in [5.74, 6) is 0. The fourth-order valence-corrected chi connectivity index (χ4v) is 2.58. The predicted molar refractivity (Wildman–Crippen MR) is 72.5 cm³/mol. The Morgan fingerprint density at radius 1 is 1.33 bits per heavy atom. The summed E-state index contributed by atoms with van der Waals surface area (Å²) in [6, 6.07) is 7.31. The minimum Gasteiger partial charge on any atom is -0.358 e. The van der Waals surface area contributed by atoms with Crippen LogP contribution in [0.4, 0.5) is 0 Å². The van der Waals surface area contributed by atoms with E-state index < -0.39 is 11.5 Å². The zero-order valence-corrected chi connectivity index (χ0v) is 11.2. The van der Waals surface area contributed by atoms with Gasteiger partial charge >= 0.3 is 0 Å². The molecule has 0 radical (unpaired) electrons. The molecule has 0 fully saturated rings. The van der Waals surface area contributed by atoms with Crippen molar-refractivity contribution in [2.45, 2.75) is 39.2 Å². The van der Waals surface area contributed by atoms with Crippen LogP contribution in [0, 0.1) is 17.0 Å². The van der Waals surface area contributed by atoms with Gasteiger partial charge in [0.1, 0.15) is 0 Å². The van der Waals surface area contributed by atoms with Gasteiger partial charge in [0, 0.05) is 28.4 Å². The van der Waals surface area contributed by atoms with Crippen LogP contribution in [0.3, 0.4) is 0 Å². The van der Waals surface area contributed by atoms with Gasteiger partial charge in [0.25, 0.3) is 0 Å². The van der Waals surface area contributed by atoms with E-state index in [1.165, 1.54) is 0 Å². The average molecular weight is 246 g/mol. The standard InChI is InChI=1S/C14H18N2O2/c1-9-13(14(3,4)10(2)16(17)18)11-7-5-6-8-12(11)15-9/h5-8,10,15H,1-4H3. The summed E-state index contributed by atoms with van der Waals surface area (Å²) in [5, 5.41) is 12.2. The van der Waals surface area contributed by atoms with Gasteiger partial charge < -0.3 is 4.98 Å². The van der Waals surface area contributed by atoms with Gasteiger partial charge in [-0.1, -0.05) is 18.2 Å². The van der Waals surface area contributed by atoms with Crippen molar-refractivity contribution in [2.75, 3.05) is 0 Å². The number of benzene rings is 1. The van der Waals surface area contributed by atoms with Crippen LogP contribution in [0.25, 0.3) is 10.9 Å². The number of fused-ring (bicyclic) bond motifs is 1. The fourth-order valence-electron chi connectivity index (χ4n) is 2.58. The highest BCUT2D eigenvalue weighted by Crippen LogP contribution is 2.36. The summed E-state index contributed by atoms with van der Waals surface area (Å²) in [4.78, 5) is 14.2. The zero-order chi connectivity index (χ0) is 13.5. The molecule has 0 bridgehead atoms. The number of H-pyrrole nitrogens is 1. The molecule has 2 rings (SSSR count). The molecule has 2 aromatic rings. The normalized spacial score (nSPS) is 13.8. The first-order chi connectivity index (χ1) is 8.35. The number of aryl methyl sites for hydroxylation is 1. The summed E-state index contributed by atoms with van der Waals surface area (Å²) in [6.07, 6.45) is 0. The maximum Gasteiger partial charge on any atom is 0.219 e. The minimum atomic E-state index is -0.629. The Labute approximate surface area is 106 Å². The second-order valence-electron chi connectivity index (χ2n) is 5.35. The van der Waals surface area contributed by atoms with Crippen LogP contribution >= 0.6 is 0 Å². The van der Waals surface area contributed by atoms with Crippen LogP contribution in [0.1, 0.15) is 32.0 Å². The zero-order valence-electron chi connectivity index (χ0n) is 11.2. The summed E-state index contributed by atoms with van der Waals surface area (Å²) < 4.78 is 0. The van der Waals surface area contributed by atoms with E-state index in [1.54, 1.807) is 6.92 Å². The molecule has 1 N–H and O–H groups in total. The first kappa shape index (κ1) is 12.6. The monoisotopic (exact) mass is 246 g/mol. The molecule has 1 heterocycles. The minimum absolute atomic E-state index is 0.207. The second kappa shape index (κ2) is 4.12. The van der Waals surface area contributed by atoms with Crippen LogP contribution in [-0.4, -0.2) is 15.9 Å². The molecule has 1 aromatic heterocycles. The fraction of sp³-hybridized carbons (Fsp3) is 0.429. The smallest absolute Gasteiger partial charge is 0.219 e. The van der Waals surface area contributed by atoms with Gasteiger partial charge in [-0.3, -0.25) is 10.1 Å². The van der Waals surface area contributed by atoms with E-state index in [-0.39, 0.29) is 4.92 Å². The molecule has 96 valence electrons. The molecule has 0 saturated heterocycles. The molecule has 0 amide bonds. The number of hydrogen-bond donors (Lipinski definition) is 1. The topological polar surface area (TPSA) is 58.9 Å². The molecule has 0 aliphatic heterocycles. The maximum atomic E-state index is 11.1. The number of nitro groups is 1. The van der Waals surface area contributed by atoms with Gasteiger partial charge in [0.15, 0.2) is 0 Å². The Kier molecular flexibility index (Phi) is 2.89. The van der Waals surface area contributed by atoms with Crippen LogP contribution in [0.15, 0.2) is 24.3 Å². The summed E-state index contributed by atoms with van der Waals surface area (Å²) in [5.41, 5.74) is 2.58. The maximum absolute atomic E-state index is 11.1. The first-order valence-corrected chi connectivity index (χ1v) is 6.07. The first-order valence-electron chi connectivity index (χ1n) is 6.07. The van der Waals surface area contributed by atoms with Gasteiger partial charge in [-0.05, 0) is 32.4 Å². The lowest BCUT2D eigenvalue weighted by atomic mass is 9.77. The Balaban J connectivity index is 2.66. The second-order valence-corrected chi connectivity index (χ2v) is 5.35. The lowest BCUT2D eigenvalue weighted by Gasteiger charge is -2.26. The highest BCUT2D eigenvalue weighted by atomic mass is 16.6. The van der Waals surface area contributed by atoms with E-state index in [9.17, 15) is 10.1 Å². The van der Waals surface area contributed by atoms with Crippen molar-refractivity contribution in [2.24, 2.45) is 0 Å². The third kappa shape index (κ3) is 1.78. The third-order valence-corrected chi connectivity index (χ3v) is 3.90. The molecular weight excluding hydrogens is 228 g/mol. The van der Waals surface area contributed by atoms with Crippen molar-refractivity contribution in [3.8, 4) is 0 Å². The quantitative estimate of drug-likeness (QED) is 0.666. The number of aromatic amines is 1. The van der Waals surface area contributed by atoms with E-state index in [4.69, 9.17) is 0 Å². The lowest BCUT2D eigenvalue weighted by Crippen LogP contribution is -2.37. The van der Waals surface area contributed by atoms with E-state index in [0.29, 0.717) is 0 Å². The van der Waals surface area contributed by atoms with Crippen molar-refractivity contribution in [3.05, 3.63) is 45.6 Å².